The first kappa shape index (κ1) is 13.8. The van der Waals surface area contributed by atoms with Crippen LogP contribution in [0.4, 0.5) is 8.78 Å². The molecule has 100 valence electrons. The van der Waals surface area contributed by atoms with Crippen LogP contribution in [0.25, 0.3) is 0 Å². The zero-order chi connectivity index (χ0) is 13.2. The van der Waals surface area contributed by atoms with Crippen molar-refractivity contribution in [1.29, 1.82) is 0 Å². The van der Waals surface area contributed by atoms with Gasteiger partial charge < -0.3 is 5.32 Å². The lowest BCUT2D eigenvalue weighted by atomic mass is 9.90. The molecule has 0 bridgehead atoms. The van der Waals surface area contributed by atoms with Crippen molar-refractivity contribution in [3.05, 3.63) is 35.4 Å². The standard InChI is InChI=1S/C14H19F2NS/c1-3-17-13(14(2)7-4-8-18-14)11-6-5-10(15)9-12(11)16/h5-6,9,13,17H,3-4,7-8H2,1-2H3. The molecule has 0 aliphatic carbocycles. The molecule has 1 heterocycles. The van der Waals surface area contributed by atoms with E-state index in [0.717, 1.165) is 31.2 Å². The molecule has 0 radical (unpaired) electrons. The van der Waals surface area contributed by atoms with Crippen LogP contribution >= 0.6 is 11.8 Å². The summed E-state index contributed by atoms with van der Waals surface area (Å²) in [6.07, 6.45) is 2.22. The average Bonchev–Trinajstić information content (AvgIpc) is 2.75. The molecular weight excluding hydrogens is 252 g/mol. The van der Waals surface area contributed by atoms with Gasteiger partial charge in [0, 0.05) is 22.4 Å². The van der Waals surface area contributed by atoms with Gasteiger partial charge in [-0.3, -0.25) is 0 Å². The molecule has 4 heteroatoms. The van der Waals surface area contributed by atoms with Crippen LogP contribution in [0.3, 0.4) is 0 Å². The van der Waals surface area contributed by atoms with Gasteiger partial charge in [-0.05, 0) is 38.1 Å². The Hall–Kier alpha value is -0.610. The van der Waals surface area contributed by atoms with Crippen LogP contribution in [0.5, 0.6) is 0 Å². The highest BCUT2D eigenvalue weighted by Crippen LogP contribution is 2.47. The minimum atomic E-state index is -0.518. The fourth-order valence-electron chi connectivity index (χ4n) is 2.62. The number of nitrogens with one attached hydrogen (secondary N) is 1. The molecule has 2 rings (SSSR count). The van der Waals surface area contributed by atoms with Gasteiger partial charge in [0.05, 0.1) is 0 Å². The van der Waals surface area contributed by atoms with Crippen LogP contribution in [0.2, 0.25) is 0 Å². The average molecular weight is 271 g/mol. The van der Waals surface area contributed by atoms with Crippen molar-refractivity contribution in [3.8, 4) is 0 Å². The maximum absolute atomic E-state index is 14.0. The molecule has 1 N–H and O–H groups in total. The van der Waals surface area contributed by atoms with E-state index in [1.807, 2.05) is 18.7 Å². The Labute approximate surface area is 111 Å². The predicted molar refractivity (Wildman–Crippen MR) is 72.9 cm³/mol. The fourth-order valence-corrected chi connectivity index (χ4v) is 4.04. The molecule has 1 aromatic rings. The van der Waals surface area contributed by atoms with Crippen molar-refractivity contribution in [2.45, 2.75) is 37.5 Å². The number of thioether (sulfide) groups is 1. The second-order valence-electron chi connectivity index (χ2n) is 4.92. The molecular formula is C14H19F2NS. The molecule has 0 amide bonds. The Balaban J connectivity index is 2.34. The van der Waals surface area contributed by atoms with Gasteiger partial charge >= 0.3 is 0 Å². The van der Waals surface area contributed by atoms with Gasteiger partial charge in [-0.2, -0.15) is 11.8 Å². The Morgan fingerprint density at radius 1 is 1.44 bits per heavy atom. The first-order valence-corrected chi connectivity index (χ1v) is 7.37. The zero-order valence-corrected chi connectivity index (χ0v) is 11.6. The molecule has 2 unspecified atom stereocenters. The molecule has 2 atom stereocenters. The van der Waals surface area contributed by atoms with Crippen LogP contribution in [-0.4, -0.2) is 17.0 Å². The molecule has 1 aliphatic heterocycles. The van der Waals surface area contributed by atoms with Gasteiger partial charge in [-0.25, -0.2) is 8.78 Å². The van der Waals surface area contributed by atoms with E-state index in [0.29, 0.717) is 5.56 Å². The predicted octanol–water partition coefficient (Wildman–Crippen LogP) is 3.90. The minimum Gasteiger partial charge on any atom is -0.309 e. The van der Waals surface area contributed by atoms with Gasteiger partial charge in [-0.15, -0.1) is 0 Å². The first-order valence-electron chi connectivity index (χ1n) is 6.39. The molecule has 1 saturated heterocycles. The summed E-state index contributed by atoms with van der Waals surface area (Å²) in [7, 11) is 0. The summed E-state index contributed by atoms with van der Waals surface area (Å²) in [6, 6.07) is 3.83. The second-order valence-corrected chi connectivity index (χ2v) is 6.55. The Morgan fingerprint density at radius 3 is 2.78 bits per heavy atom. The van der Waals surface area contributed by atoms with Gasteiger partial charge in [-0.1, -0.05) is 13.0 Å². The highest BCUT2D eigenvalue weighted by molar-refractivity contribution is 8.00. The SMILES string of the molecule is CCNC(c1ccc(F)cc1F)C1(C)CCCS1. The highest BCUT2D eigenvalue weighted by atomic mass is 32.2. The van der Waals surface area contributed by atoms with Gasteiger partial charge in [0.1, 0.15) is 11.6 Å². The summed E-state index contributed by atoms with van der Waals surface area (Å²) in [4.78, 5) is 0. The van der Waals surface area contributed by atoms with Crippen molar-refractivity contribution in [2.75, 3.05) is 12.3 Å². The maximum Gasteiger partial charge on any atom is 0.130 e. The van der Waals surface area contributed by atoms with Crippen molar-refractivity contribution in [1.82, 2.24) is 5.32 Å². The molecule has 1 aliphatic rings. The lowest BCUT2D eigenvalue weighted by Crippen LogP contribution is -2.38. The van der Waals surface area contributed by atoms with E-state index in [1.54, 1.807) is 6.07 Å². The van der Waals surface area contributed by atoms with Crippen molar-refractivity contribution in [2.24, 2.45) is 0 Å². The van der Waals surface area contributed by atoms with E-state index in [1.165, 1.54) is 6.07 Å². The normalized spacial score (nSPS) is 25.3. The van der Waals surface area contributed by atoms with Gasteiger partial charge in [0.15, 0.2) is 0 Å². The summed E-state index contributed by atoms with van der Waals surface area (Å²) in [5.74, 6) is 0.145. The maximum atomic E-state index is 14.0. The molecule has 1 aromatic carbocycles. The van der Waals surface area contributed by atoms with Crippen molar-refractivity contribution >= 4 is 11.8 Å². The second kappa shape index (κ2) is 5.57. The highest BCUT2D eigenvalue weighted by Gasteiger charge is 2.39. The topological polar surface area (TPSA) is 12.0 Å². The smallest absolute Gasteiger partial charge is 0.130 e. The summed E-state index contributed by atoms with van der Waals surface area (Å²) in [6.45, 7) is 4.95. The fraction of sp³-hybridized carbons (Fsp3) is 0.571. The van der Waals surface area contributed by atoms with Crippen LogP contribution in [0, 0.1) is 11.6 Å². The van der Waals surface area contributed by atoms with Crippen LogP contribution < -0.4 is 5.32 Å². The summed E-state index contributed by atoms with van der Waals surface area (Å²) < 4.78 is 27.0. The lowest BCUT2D eigenvalue weighted by Gasteiger charge is -2.34. The summed E-state index contributed by atoms with van der Waals surface area (Å²) in [5.41, 5.74) is 0.579. The number of hydrogen-bond acceptors (Lipinski definition) is 2. The molecule has 18 heavy (non-hydrogen) atoms. The number of hydrogen-bond donors (Lipinski definition) is 1. The van der Waals surface area contributed by atoms with E-state index in [2.05, 4.69) is 12.2 Å². The van der Waals surface area contributed by atoms with Crippen molar-refractivity contribution < 1.29 is 8.78 Å². The zero-order valence-electron chi connectivity index (χ0n) is 10.8. The molecule has 0 aromatic heterocycles. The Morgan fingerprint density at radius 2 is 2.22 bits per heavy atom. The third-order valence-corrected chi connectivity index (χ3v) is 5.13. The van der Waals surface area contributed by atoms with E-state index in [9.17, 15) is 8.78 Å². The number of halogens is 2. The third kappa shape index (κ3) is 2.69. The van der Waals surface area contributed by atoms with E-state index >= 15 is 0 Å². The Kier molecular flexibility index (Phi) is 4.28. The van der Waals surface area contributed by atoms with Gasteiger partial charge in [0.2, 0.25) is 0 Å². The molecule has 1 fully saturated rings. The van der Waals surface area contributed by atoms with E-state index in [4.69, 9.17) is 0 Å². The Bertz CT molecular complexity index is 416. The minimum absolute atomic E-state index is 0.00528. The largest absolute Gasteiger partial charge is 0.309 e. The molecule has 0 spiro atoms. The summed E-state index contributed by atoms with van der Waals surface area (Å²) >= 11 is 1.88. The third-order valence-electron chi connectivity index (χ3n) is 3.54. The quantitative estimate of drug-likeness (QED) is 0.891. The number of rotatable bonds is 4. The lowest BCUT2D eigenvalue weighted by molar-refractivity contribution is 0.405. The number of benzene rings is 1. The monoisotopic (exact) mass is 271 g/mol. The molecule has 1 nitrogen and oxygen atoms in total. The van der Waals surface area contributed by atoms with Crippen molar-refractivity contribution in [3.63, 3.8) is 0 Å². The first-order chi connectivity index (χ1) is 8.57. The summed E-state index contributed by atoms with van der Waals surface area (Å²) in [5, 5.41) is 3.36. The van der Waals surface area contributed by atoms with Crippen LogP contribution in [0.15, 0.2) is 18.2 Å². The van der Waals surface area contributed by atoms with E-state index in [-0.39, 0.29) is 10.8 Å². The molecule has 0 saturated carbocycles. The van der Waals surface area contributed by atoms with Gasteiger partial charge in [0.25, 0.3) is 0 Å². The van der Waals surface area contributed by atoms with E-state index < -0.39 is 11.6 Å². The van der Waals surface area contributed by atoms with Crippen LogP contribution in [0.1, 0.15) is 38.3 Å². The van der Waals surface area contributed by atoms with Crippen LogP contribution in [-0.2, 0) is 0 Å².